The van der Waals surface area contributed by atoms with Gasteiger partial charge < -0.3 is 10.1 Å². The van der Waals surface area contributed by atoms with Crippen LogP contribution in [-0.2, 0) is 20.7 Å². The van der Waals surface area contributed by atoms with Gasteiger partial charge in [-0.3, -0.25) is 9.59 Å². The molecule has 1 N–H and O–H groups in total. The molecule has 0 saturated heterocycles. The minimum absolute atomic E-state index is 0.0977. The molecule has 2 aromatic rings. The van der Waals surface area contributed by atoms with Crippen LogP contribution in [0.5, 0.6) is 0 Å². The Kier molecular flexibility index (Phi) is 5.56. The lowest BCUT2D eigenvalue weighted by atomic mass is 9.98. The van der Waals surface area contributed by atoms with Crippen LogP contribution in [0.1, 0.15) is 25.3 Å². The van der Waals surface area contributed by atoms with E-state index < -0.39 is 17.4 Å². The Labute approximate surface area is 159 Å². The van der Waals surface area contributed by atoms with E-state index in [1.807, 2.05) is 54.6 Å². The maximum absolute atomic E-state index is 12.0. The molecule has 1 atom stereocenters. The number of esters is 1. The van der Waals surface area contributed by atoms with Gasteiger partial charge in [-0.25, -0.2) is 0 Å². The summed E-state index contributed by atoms with van der Waals surface area (Å²) in [6.07, 6.45) is 1.96. The highest BCUT2D eigenvalue weighted by atomic mass is 16.5. The van der Waals surface area contributed by atoms with E-state index in [4.69, 9.17) is 4.74 Å². The van der Waals surface area contributed by atoms with Crippen LogP contribution in [0.2, 0.25) is 0 Å². The van der Waals surface area contributed by atoms with Gasteiger partial charge in [0.2, 0.25) is 0 Å². The van der Waals surface area contributed by atoms with Gasteiger partial charge in [0.1, 0.15) is 5.54 Å². The Hall–Kier alpha value is -3.13. The Morgan fingerprint density at radius 1 is 1.11 bits per heavy atom. The lowest BCUT2D eigenvalue weighted by Crippen LogP contribution is -2.48. The molecule has 0 bridgehead atoms. The number of benzene rings is 2. The first kappa shape index (κ1) is 18.7. The molecule has 3 rings (SSSR count). The van der Waals surface area contributed by atoms with Gasteiger partial charge >= 0.3 is 5.97 Å². The highest BCUT2D eigenvalue weighted by Gasteiger charge is 2.43. The molecule has 5 nitrogen and oxygen atoms in total. The molecular formula is C22H22N2O3. The molecule has 27 heavy (non-hydrogen) atoms. The van der Waals surface area contributed by atoms with Crippen LogP contribution in [0.3, 0.4) is 0 Å². The van der Waals surface area contributed by atoms with E-state index in [9.17, 15) is 14.9 Å². The van der Waals surface area contributed by atoms with Crippen molar-refractivity contribution < 1.29 is 14.3 Å². The van der Waals surface area contributed by atoms with Crippen molar-refractivity contribution >= 4 is 11.9 Å². The van der Waals surface area contributed by atoms with Gasteiger partial charge in [0.05, 0.1) is 12.5 Å². The van der Waals surface area contributed by atoms with E-state index in [-0.39, 0.29) is 18.9 Å². The van der Waals surface area contributed by atoms with Crippen LogP contribution in [0.25, 0.3) is 11.1 Å². The average Bonchev–Trinajstić information content (AvgIpc) is 3.53. The van der Waals surface area contributed by atoms with Crippen LogP contribution in [-0.4, -0.2) is 24.0 Å². The molecule has 2 aromatic carbocycles. The molecule has 0 heterocycles. The van der Waals surface area contributed by atoms with Crippen LogP contribution in [0.4, 0.5) is 0 Å². The van der Waals surface area contributed by atoms with E-state index in [1.54, 1.807) is 6.92 Å². The van der Waals surface area contributed by atoms with Crippen molar-refractivity contribution in [2.45, 2.75) is 31.7 Å². The van der Waals surface area contributed by atoms with Gasteiger partial charge in [-0.05, 0) is 42.4 Å². The van der Waals surface area contributed by atoms with Crippen molar-refractivity contribution in [3.8, 4) is 17.2 Å². The number of hydrogen-bond acceptors (Lipinski definition) is 4. The molecule has 5 heteroatoms. The zero-order valence-corrected chi connectivity index (χ0v) is 15.3. The van der Waals surface area contributed by atoms with E-state index in [1.165, 1.54) is 0 Å². The second kappa shape index (κ2) is 8.05. The summed E-state index contributed by atoms with van der Waals surface area (Å²) in [6, 6.07) is 19.8. The monoisotopic (exact) mass is 362 g/mol. The van der Waals surface area contributed by atoms with Gasteiger partial charge in [-0.1, -0.05) is 54.6 Å². The Bertz CT molecular complexity index is 851. The van der Waals surface area contributed by atoms with Crippen molar-refractivity contribution in [1.82, 2.24) is 5.32 Å². The fourth-order valence-electron chi connectivity index (χ4n) is 3.02. The third-order valence-electron chi connectivity index (χ3n) is 4.80. The third kappa shape index (κ3) is 4.95. The molecule has 1 aliphatic carbocycles. The first-order valence-corrected chi connectivity index (χ1v) is 9.02. The summed E-state index contributed by atoms with van der Waals surface area (Å²) in [6.45, 7) is 1.34. The van der Waals surface area contributed by atoms with Crippen molar-refractivity contribution in [1.29, 1.82) is 5.26 Å². The smallest absolute Gasteiger partial charge is 0.310 e. The maximum atomic E-state index is 12.0. The highest BCUT2D eigenvalue weighted by molar-refractivity contribution is 5.82. The molecule has 1 amide bonds. The number of nitrogens with one attached hydrogen (secondary N) is 1. The molecule has 138 valence electrons. The largest absolute Gasteiger partial charge is 0.455 e. The van der Waals surface area contributed by atoms with Gasteiger partial charge in [0.15, 0.2) is 6.61 Å². The van der Waals surface area contributed by atoms with Crippen LogP contribution in [0.15, 0.2) is 54.6 Å². The number of carbonyl (C=O) groups excluding carboxylic acids is 2. The van der Waals surface area contributed by atoms with E-state index in [0.717, 1.165) is 29.5 Å². The predicted molar refractivity (Wildman–Crippen MR) is 101 cm³/mol. The zero-order valence-electron chi connectivity index (χ0n) is 15.3. The summed E-state index contributed by atoms with van der Waals surface area (Å²) in [5.74, 6) is -0.730. The third-order valence-corrected chi connectivity index (χ3v) is 4.80. The number of hydrogen-bond donors (Lipinski definition) is 1. The normalized spacial score (nSPS) is 15.3. The molecule has 1 saturated carbocycles. The lowest BCUT2D eigenvalue weighted by Gasteiger charge is -2.22. The Morgan fingerprint density at radius 3 is 2.33 bits per heavy atom. The number of ether oxygens (including phenoxy) is 1. The molecule has 0 spiro atoms. The first-order chi connectivity index (χ1) is 13.0. The molecule has 1 fully saturated rings. The minimum Gasteiger partial charge on any atom is -0.455 e. The van der Waals surface area contributed by atoms with Gasteiger partial charge in [-0.2, -0.15) is 5.26 Å². The Balaban J connectivity index is 1.48. The van der Waals surface area contributed by atoms with Crippen molar-refractivity contribution in [3.63, 3.8) is 0 Å². The Morgan fingerprint density at radius 2 is 1.74 bits per heavy atom. The van der Waals surface area contributed by atoms with E-state index in [0.29, 0.717) is 0 Å². The summed E-state index contributed by atoms with van der Waals surface area (Å²) in [5, 5.41) is 11.9. The predicted octanol–water partition coefficient (Wildman–Crippen LogP) is 3.25. The van der Waals surface area contributed by atoms with E-state index >= 15 is 0 Å². The summed E-state index contributed by atoms with van der Waals surface area (Å²) in [5.41, 5.74) is 2.12. The summed E-state index contributed by atoms with van der Waals surface area (Å²) in [4.78, 5) is 24.0. The molecular weight excluding hydrogens is 340 g/mol. The summed E-state index contributed by atoms with van der Waals surface area (Å²) in [7, 11) is 0. The van der Waals surface area contributed by atoms with Gasteiger partial charge in [0, 0.05) is 0 Å². The van der Waals surface area contributed by atoms with Crippen molar-refractivity contribution in [3.05, 3.63) is 60.2 Å². The second-order valence-electron chi connectivity index (χ2n) is 7.04. The maximum Gasteiger partial charge on any atom is 0.310 e. The number of carbonyl (C=O) groups is 2. The molecule has 1 aliphatic rings. The quantitative estimate of drug-likeness (QED) is 0.767. The molecule has 0 unspecified atom stereocenters. The van der Waals surface area contributed by atoms with Gasteiger partial charge in [0.25, 0.3) is 5.91 Å². The first-order valence-electron chi connectivity index (χ1n) is 9.02. The number of nitrogens with zero attached hydrogens (tertiary/aromatic N) is 1. The van der Waals surface area contributed by atoms with Crippen LogP contribution >= 0.6 is 0 Å². The molecule has 0 radical (unpaired) electrons. The standard InChI is InChI=1S/C22H22N2O3/c1-22(15-23,19-11-12-19)24-20(25)14-27-21(26)13-16-7-9-18(10-8-16)17-5-3-2-4-6-17/h2-10,19H,11-14H2,1H3,(H,24,25)/t22-/m1/s1. The molecule has 0 aliphatic heterocycles. The zero-order chi connectivity index (χ0) is 19.3. The summed E-state index contributed by atoms with van der Waals surface area (Å²) < 4.78 is 5.05. The lowest BCUT2D eigenvalue weighted by molar-refractivity contribution is -0.148. The SMILES string of the molecule is C[C@](C#N)(NC(=O)COC(=O)Cc1ccc(-c2ccccc2)cc1)C1CC1. The fourth-order valence-corrected chi connectivity index (χ4v) is 3.02. The molecule has 0 aromatic heterocycles. The number of nitriles is 1. The van der Waals surface area contributed by atoms with Crippen LogP contribution < -0.4 is 5.32 Å². The topological polar surface area (TPSA) is 79.2 Å². The van der Waals surface area contributed by atoms with Crippen LogP contribution in [0, 0.1) is 17.2 Å². The van der Waals surface area contributed by atoms with E-state index in [2.05, 4.69) is 11.4 Å². The number of amides is 1. The summed E-state index contributed by atoms with van der Waals surface area (Å²) >= 11 is 0. The highest BCUT2D eigenvalue weighted by Crippen LogP contribution is 2.39. The van der Waals surface area contributed by atoms with Gasteiger partial charge in [-0.15, -0.1) is 0 Å². The minimum atomic E-state index is -0.878. The second-order valence-corrected chi connectivity index (χ2v) is 7.04. The number of rotatable bonds is 7. The average molecular weight is 362 g/mol. The van der Waals surface area contributed by atoms with Crippen molar-refractivity contribution in [2.24, 2.45) is 5.92 Å². The fraction of sp³-hybridized carbons (Fsp3) is 0.318. The van der Waals surface area contributed by atoms with Crippen molar-refractivity contribution in [2.75, 3.05) is 6.61 Å².